The standard InChI is InChI=1S/C11H12BrN3O4S2/c1-14(4-8-2-10(12)20-7-8)21(18,19)9-3-13-15(5-9)6-11(16)17/h2-3,5,7H,4,6H2,1H3,(H,16,17). The third-order valence-corrected chi connectivity index (χ3v) is 5.95. The first kappa shape index (κ1) is 16.1. The van der Waals surface area contributed by atoms with Crippen molar-refractivity contribution < 1.29 is 18.3 Å². The number of halogens is 1. The third-order valence-electron chi connectivity index (χ3n) is 2.64. The van der Waals surface area contributed by atoms with Crippen LogP contribution in [0, 0.1) is 0 Å². The number of aliphatic carboxylic acids is 1. The highest BCUT2D eigenvalue weighted by Crippen LogP contribution is 2.23. The van der Waals surface area contributed by atoms with Gasteiger partial charge in [-0.25, -0.2) is 8.42 Å². The highest BCUT2D eigenvalue weighted by Gasteiger charge is 2.23. The number of carboxylic acid groups (broad SMARTS) is 1. The third kappa shape index (κ3) is 3.90. The summed E-state index contributed by atoms with van der Waals surface area (Å²) >= 11 is 4.80. The summed E-state index contributed by atoms with van der Waals surface area (Å²) in [4.78, 5) is 10.6. The van der Waals surface area contributed by atoms with Crippen LogP contribution in [0.5, 0.6) is 0 Å². The number of thiophene rings is 1. The zero-order chi connectivity index (χ0) is 15.6. The van der Waals surface area contributed by atoms with Gasteiger partial charge in [-0.2, -0.15) is 9.40 Å². The molecule has 0 saturated carbocycles. The van der Waals surface area contributed by atoms with Gasteiger partial charge in [-0.1, -0.05) is 0 Å². The fraction of sp³-hybridized carbons (Fsp3) is 0.273. The Labute approximate surface area is 134 Å². The highest BCUT2D eigenvalue weighted by atomic mass is 79.9. The summed E-state index contributed by atoms with van der Waals surface area (Å²) in [5.74, 6) is -1.08. The maximum Gasteiger partial charge on any atom is 0.325 e. The molecule has 2 heterocycles. The molecule has 0 unspecified atom stereocenters. The van der Waals surface area contributed by atoms with E-state index in [1.165, 1.54) is 28.9 Å². The number of carboxylic acids is 1. The molecule has 21 heavy (non-hydrogen) atoms. The molecule has 0 aliphatic rings. The van der Waals surface area contributed by atoms with Crippen molar-refractivity contribution in [1.82, 2.24) is 14.1 Å². The van der Waals surface area contributed by atoms with Crippen LogP contribution >= 0.6 is 27.3 Å². The van der Waals surface area contributed by atoms with Crippen molar-refractivity contribution in [3.05, 3.63) is 33.2 Å². The molecule has 0 aliphatic heterocycles. The van der Waals surface area contributed by atoms with Gasteiger partial charge in [0.25, 0.3) is 0 Å². The van der Waals surface area contributed by atoms with Crippen molar-refractivity contribution in [3.63, 3.8) is 0 Å². The monoisotopic (exact) mass is 393 g/mol. The molecule has 2 rings (SSSR count). The first-order valence-corrected chi connectivity index (χ1v) is 8.84. The number of sulfonamides is 1. The molecule has 10 heteroatoms. The second-order valence-corrected chi connectivity index (χ2v) is 8.62. The van der Waals surface area contributed by atoms with Crippen molar-refractivity contribution in [1.29, 1.82) is 0 Å². The molecular weight excluding hydrogens is 382 g/mol. The fourth-order valence-corrected chi connectivity index (χ4v) is 3.97. The van der Waals surface area contributed by atoms with Gasteiger partial charge in [0.15, 0.2) is 0 Å². The molecule has 0 aliphatic carbocycles. The van der Waals surface area contributed by atoms with Gasteiger partial charge in [0.1, 0.15) is 11.4 Å². The number of hydrogen-bond donors (Lipinski definition) is 1. The largest absolute Gasteiger partial charge is 0.480 e. The van der Waals surface area contributed by atoms with Crippen LogP contribution < -0.4 is 0 Å². The predicted octanol–water partition coefficient (Wildman–Crippen LogP) is 1.61. The normalized spacial score (nSPS) is 12.0. The molecule has 0 atom stereocenters. The van der Waals surface area contributed by atoms with Crippen LogP contribution in [0.4, 0.5) is 0 Å². The Balaban J connectivity index is 2.16. The minimum Gasteiger partial charge on any atom is -0.480 e. The Morgan fingerprint density at radius 1 is 1.57 bits per heavy atom. The first-order valence-electron chi connectivity index (χ1n) is 5.72. The lowest BCUT2D eigenvalue weighted by molar-refractivity contribution is -0.137. The Morgan fingerprint density at radius 2 is 2.29 bits per heavy atom. The molecular formula is C11H12BrN3O4S2. The van der Waals surface area contributed by atoms with Gasteiger partial charge < -0.3 is 5.11 Å². The number of nitrogens with zero attached hydrogens (tertiary/aromatic N) is 3. The zero-order valence-electron chi connectivity index (χ0n) is 10.9. The molecule has 0 spiro atoms. The summed E-state index contributed by atoms with van der Waals surface area (Å²) in [7, 11) is -2.23. The number of hydrogen-bond acceptors (Lipinski definition) is 5. The minimum absolute atomic E-state index is 0.0273. The van der Waals surface area contributed by atoms with Gasteiger partial charge in [-0.05, 0) is 32.9 Å². The van der Waals surface area contributed by atoms with E-state index in [-0.39, 0.29) is 18.0 Å². The van der Waals surface area contributed by atoms with E-state index in [2.05, 4.69) is 21.0 Å². The topological polar surface area (TPSA) is 92.5 Å². The lowest BCUT2D eigenvalue weighted by Gasteiger charge is -2.14. The maximum atomic E-state index is 12.4. The summed E-state index contributed by atoms with van der Waals surface area (Å²) in [5.41, 5.74) is 0.871. The molecule has 114 valence electrons. The van der Waals surface area contributed by atoms with Crippen molar-refractivity contribution >= 4 is 43.3 Å². The predicted molar refractivity (Wildman–Crippen MR) is 80.5 cm³/mol. The lowest BCUT2D eigenvalue weighted by Crippen LogP contribution is -2.26. The van der Waals surface area contributed by atoms with Gasteiger partial charge in [0.2, 0.25) is 10.0 Å². The van der Waals surface area contributed by atoms with Crippen LogP contribution in [-0.4, -0.2) is 40.6 Å². The Kier molecular flexibility index (Phi) is 4.81. The summed E-state index contributed by atoms with van der Waals surface area (Å²) in [6.45, 7) is -0.148. The molecule has 0 radical (unpaired) electrons. The second kappa shape index (κ2) is 6.26. The van der Waals surface area contributed by atoms with E-state index in [4.69, 9.17) is 5.11 Å². The number of aromatic nitrogens is 2. The lowest BCUT2D eigenvalue weighted by atomic mass is 10.3. The van der Waals surface area contributed by atoms with Crippen LogP contribution in [0.2, 0.25) is 0 Å². The van der Waals surface area contributed by atoms with E-state index in [1.54, 1.807) is 0 Å². The smallest absolute Gasteiger partial charge is 0.325 e. The molecule has 7 nitrogen and oxygen atoms in total. The maximum absolute atomic E-state index is 12.4. The minimum atomic E-state index is -3.70. The molecule has 0 aromatic carbocycles. The summed E-state index contributed by atoms with van der Waals surface area (Å²) in [6.07, 6.45) is 2.36. The summed E-state index contributed by atoms with van der Waals surface area (Å²) < 4.78 is 27.9. The molecule has 0 saturated heterocycles. The van der Waals surface area contributed by atoms with Gasteiger partial charge >= 0.3 is 5.97 Å². The van der Waals surface area contributed by atoms with Crippen molar-refractivity contribution in [2.24, 2.45) is 0 Å². The van der Waals surface area contributed by atoms with Gasteiger partial charge in [0, 0.05) is 19.8 Å². The van der Waals surface area contributed by atoms with Gasteiger partial charge in [-0.15, -0.1) is 11.3 Å². The average molecular weight is 394 g/mol. The van der Waals surface area contributed by atoms with E-state index < -0.39 is 16.0 Å². The van der Waals surface area contributed by atoms with Gasteiger partial charge in [0.05, 0.1) is 9.98 Å². The molecule has 1 N–H and O–H groups in total. The summed E-state index contributed by atoms with van der Waals surface area (Å²) in [6, 6.07) is 1.85. The molecule has 0 bridgehead atoms. The van der Waals surface area contributed by atoms with Crippen LogP contribution in [-0.2, 0) is 27.9 Å². The molecule has 2 aromatic rings. The SMILES string of the molecule is CN(Cc1csc(Br)c1)S(=O)(=O)c1cnn(CC(=O)O)c1. The van der Waals surface area contributed by atoms with E-state index >= 15 is 0 Å². The quantitative estimate of drug-likeness (QED) is 0.804. The van der Waals surface area contributed by atoms with E-state index in [0.717, 1.165) is 20.2 Å². The Hall–Kier alpha value is -1.23. The summed E-state index contributed by atoms with van der Waals surface area (Å²) in [5, 5.41) is 14.3. The van der Waals surface area contributed by atoms with E-state index in [9.17, 15) is 13.2 Å². The highest BCUT2D eigenvalue weighted by molar-refractivity contribution is 9.11. The fourth-order valence-electron chi connectivity index (χ4n) is 1.65. The number of rotatable bonds is 6. The Morgan fingerprint density at radius 3 is 2.86 bits per heavy atom. The van der Waals surface area contributed by atoms with Crippen molar-refractivity contribution in [3.8, 4) is 0 Å². The molecule has 0 amide bonds. The van der Waals surface area contributed by atoms with Gasteiger partial charge in [-0.3, -0.25) is 9.48 Å². The number of carbonyl (C=O) groups is 1. The van der Waals surface area contributed by atoms with Crippen molar-refractivity contribution in [2.75, 3.05) is 7.05 Å². The van der Waals surface area contributed by atoms with Crippen molar-refractivity contribution in [2.45, 2.75) is 18.0 Å². The van der Waals surface area contributed by atoms with Crippen LogP contribution in [0.3, 0.4) is 0 Å². The average Bonchev–Trinajstić information content (AvgIpc) is 2.98. The van der Waals surface area contributed by atoms with E-state index in [1.807, 2.05) is 11.4 Å². The van der Waals surface area contributed by atoms with Crippen LogP contribution in [0.25, 0.3) is 0 Å². The molecule has 2 aromatic heterocycles. The van der Waals surface area contributed by atoms with E-state index in [0.29, 0.717) is 0 Å². The zero-order valence-corrected chi connectivity index (χ0v) is 14.2. The molecule has 0 fully saturated rings. The second-order valence-electron chi connectivity index (χ2n) is 4.29. The van der Waals surface area contributed by atoms with Crippen LogP contribution in [0.1, 0.15) is 5.56 Å². The Bertz CT molecular complexity index is 753. The first-order chi connectivity index (χ1) is 9.79. The van der Waals surface area contributed by atoms with Crippen LogP contribution in [0.15, 0.2) is 32.5 Å².